The number of fused-ring (bicyclic) bond motifs is 1. The quantitative estimate of drug-likeness (QED) is 0.482. The Morgan fingerprint density at radius 3 is 2.93 bits per heavy atom. The number of thioether (sulfide) groups is 1. The van der Waals surface area contributed by atoms with Gasteiger partial charge in [0.25, 0.3) is 0 Å². The van der Waals surface area contributed by atoms with Crippen LogP contribution in [0, 0.1) is 0 Å². The highest BCUT2D eigenvalue weighted by Gasteiger charge is 2.31. The molecular weight excluding hydrogens is 392 g/mol. The zero-order chi connectivity index (χ0) is 19.3. The molecule has 0 spiro atoms. The summed E-state index contributed by atoms with van der Waals surface area (Å²) in [6, 6.07) is 9.93. The van der Waals surface area contributed by atoms with Gasteiger partial charge in [-0.05, 0) is 55.0 Å². The molecule has 2 aromatic heterocycles. The lowest BCUT2D eigenvalue weighted by molar-refractivity contribution is -0.116. The Balaban J connectivity index is 1.35. The Kier molecular flexibility index (Phi) is 4.32. The number of ketones is 1. The number of amides is 1. The van der Waals surface area contributed by atoms with Crippen molar-refractivity contribution < 1.29 is 9.59 Å². The van der Waals surface area contributed by atoms with Crippen molar-refractivity contribution in [3.05, 3.63) is 46.8 Å². The molecule has 0 saturated heterocycles. The first kappa shape index (κ1) is 17.6. The van der Waals surface area contributed by atoms with Crippen molar-refractivity contribution >= 4 is 40.5 Å². The number of thiophene rings is 1. The van der Waals surface area contributed by atoms with Crippen LogP contribution in [0.15, 0.2) is 40.9 Å². The molecule has 1 fully saturated rings. The molecule has 142 valence electrons. The van der Waals surface area contributed by atoms with Gasteiger partial charge < -0.3 is 5.32 Å². The van der Waals surface area contributed by atoms with Crippen molar-refractivity contribution in [2.45, 2.75) is 36.9 Å². The summed E-state index contributed by atoms with van der Waals surface area (Å²) in [4.78, 5) is 25.7. The Labute approximate surface area is 170 Å². The number of benzene rings is 1. The van der Waals surface area contributed by atoms with Crippen molar-refractivity contribution in [1.82, 2.24) is 14.8 Å². The van der Waals surface area contributed by atoms with Crippen molar-refractivity contribution in [2.24, 2.45) is 0 Å². The maximum absolute atomic E-state index is 12.8. The molecule has 1 aromatic carbocycles. The van der Waals surface area contributed by atoms with Crippen LogP contribution in [0.3, 0.4) is 0 Å². The van der Waals surface area contributed by atoms with E-state index in [2.05, 4.69) is 20.1 Å². The van der Waals surface area contributed by atoms with Gasteiger partial charge in [0.05, 0.1) is 16.5 Å². The van der Waals surface area contributed by atoms with E-state index in [4.69, 9.17) is 0 Å². The van der Waals surface area contributed by atoms with E-state index in [9.17, 15) is 9.59 Å². The molecule has 5 rings (SSSR count). The van der Waals surface area contributed by atoms with E-state index < -0.39 is 0 Å². The maximum Gasteiger partial charge on any atom is 0.231 e. The van der Waals surface area contributed by atoms with Crippen molar-refractivity contribution in [1.29, 1.82) is 0 Å². The second kappa shape index (κ2) is 6.86. The van der Waals surface area contributed by atoms with E-state index in [1.165, 1.54) is 11.8 Å². The van der Waals surface area contributed by atoms with Crippen molar-refractivity contribution in [2.75, 3.05) is 11.1 Å². The molecule has 1 N–H and O–H groups in total. The molecule has 1 aliphatic heterocycles. The first-order chi connectivity index (χ1) is 13.6. The first-order valence-corrected chi connectivity index (χ1v) is 11.1. The number of nitrogens with one attached hydrogen (secondary N) is 1. The number of rotatable bonds is 6. The summed E-state index contributed by atoms with van der Waals surface area (Å²) in [5, 5.41) is 14.4. The molecule has 0 bridgehead atoms. The van der Waals surface area contributed by atoms with Crippen LogP contribution in [0.2, 0.25) is 0 Å². The Morgan fingerprint density at radius 1 is 1.32 bits per heavy atom. The van der Waals surface area contributed by atoms with E-state index >= 15 is 0 Å². The highest BCUT2D eigenvalue weighted by atomic mass is 32.2. The van der Waals surface area contributed by atoms with Gasteiger partial charge in [-0.3, -0.25) is 14.2 Å². The van der Waals surface area contributed by atoms with Crippen LogP contribution in [-0.4, -0.2) is 32.2 Å². The largest absolute Gasteiger partial charge is 0.325 e. The van der Waals surface area contributed by atoms with Gasteiger partial charge in [0.1, 0.15) is 0 Å². The summed E-state index contributed by atoms with van der Waals surface area (Å²) in [6.07, 6.45) is 2.25. The fourth-order valence-corrected chi connectivity index (χ4v) is 5.02. The Morgan fingerprint density at radius 2 is 2.18 bits per heavy atom. The molecule has 3 heterocycles. The average Bonchev–Trinajstić information content (AvgIpc) is 3.12. The molecule has 1 atom stereocenters. The molecule has 2 aliphatic rings. The summed E-state index contributed by atoms with van der Waals surface area (Å²) in [5.74, 6) is 0.976. The zero-order valence-corrected chi connectivity index (χ0v) is 16.8. The minimum absolute atomic E-state index is 0.0207. The highest BCUT2D eigenvalue weighted by Crippen LogP contribution is 2.42. The SMILES string of the molecule is CC1C(=O)Nc2ccc(C(=O)CSc3nnc(-c4cccs4)n3C3CC3)cc21. The molecule has 1 saturated carbocycles. The van der Waals surface area contributed by atoms with Gasteiger partial charge in [0.15, 0.2) is 16.8 Å². The monoisotopic (exact) mass is 410 g/mol. The fraction of sp³-hybridized carbons (Fsp3) is 0.300. The molecule has 1 aliphatic carbocycles. The summed E-state index contributed by atoms with van der Waals surface area (Å²) in [6.45, 7) is 1.86. The highest BCUT2D eigenvalue weighted by molar-refractivity contribution is 7.99. The van der Waals surface area contributed by atoms with Gasteiger partial charge in [0.2, 0.25) is 5.91 Å². The standard InChI is InChI=1S/C20H18N4O2S2/c1-11-14-9-12(4-7-15(14)21-19(11)26)16(25)10-28-20-23-22-18(17-3-2-8-27-17)24(20)13-5-6-13/h2-4,7-9,11,13H,5-6,10H2,1H3,(H,21,26). The first-order valence-electron chi connectivity index (χ1n) is 9.21. The van der Waals surface area contributed by atoms with Crippen LogP contribution in [-0.2, 0) is 4.79 Å². The number of aromatic nitrogens is 3. The average molecular weight is 411 g/mol. The lowest BCUT2D eigenvalue weighted by Gasteiger charge is -2.08. The van der Waals surface area contributed by atoms with E-state index in [-0.39, 0.29) is 17.6 Å². The summed E-state index contributed by atoms with van der Waals surface area (Å²) < 4.78 is 2.18. The topological polar surface area (TPSA) is 76.9 Å². The van der Waals surface area contributed by atoms with E-state index in [1.54, 1.807) is 17.4 Å². The minimum atomic E-state index is -0.221. The molecule has 8 heteroatoms. The van der Waals surface area contributed by atoms with Crippen LogP contribution in [0.5, 0.6) is 0 Å². The molecule has 6 nitrogen and oxygen atoms in total. The van der Waals surface area contributed by atoms with E-state index in [0.29, 0.717) is 17.4 Å². The third-order valence-electron chi connectivity index (χ3n) is 5.14. The normalized spacial score (nSPS) is 18.2. The molecule has 1 amide bonds. The maximum atomic E-state index is 12.8. The summed E-state index contributed by atoms with van der Waals surface area (Å²) >= 11 is 3.08. The Hall–Kier alpha value is -2.45. The number of hydrogen-bond donors (Lipinski definition) is 1. The molecular formula is C20H18N4O2S2. The fourth-order valence-electron chi connectivity index (χ4n) is 3.42. The predicted molar refractivity (Wildman–Crippen MR) is 110 cm³/mol. The summed E-state index contributed by atoms with van der Waals surface area (Å²) in [5.41, 5.74) is 2.32. The smallest absolute Gasteiger partial charge is 0.231 e. The van der Waals surface area contributed by atoms with Crippen molar-refractivity contribution in [3.63, 3.8) is 0 Å². The van der Waals surface area contributed by atoms with Gasteiger partial charge in [-0.2, -0.15) is 0 Å². The lowest BCUT2D eigenvalue weighted by Crippen LogP contribution is -2.08. The van der Waals surface area contributed by atoms with E-state index in [0.717, 1.165) is 40.0 Å². The van der Waals surface area contributed by atoms with Gasteiger partial charge in [-0.15, -0.1) is 21.5 Å². The van der Waals surface area contributed by atoms with Crippen LogP contribution >= 0.6 is 23.1 Å². The van der Waals surface area contributed by atoms with E-state index in [1.807, 2.05) is 36.6 Å². The predicted octanol–water partition coefficient (Wildman–Crippen LogP) is 4.37. The van der Waals surface area contributed by atoms with Gasteiger partial charge in [-0.1, -0.05) is 17.8 Å². The molecule has 28 heavy (non-hydrogen) atoms. The van der Waals surface area contributed by atoms with Gasteiger partial charge in [0, 0.05) is 17.3 Å². The molecule has 0 radical (unpaired) electrons. The number of carbonyl (C=O) groups is 2. The number of Topliss-reactive ketones (excluding diaryl/α,β-unsaturated/α-hetero) is 1. The van der Waals surface area contributed by atoms with Crippen LogP contribution in [0.25, 0.3) is 10.7 Å². The molecule has 1 unspecified atom stereocenters. The lowest BCUT2D eigenvalue weighted by atomic mass is 9.99. The second-order valence-electron chi connectivity index (χ2n) is 7.11. The number of anilines is 1. The second-order valence-corrected chi connectivity index (χ2v) is 9.00. The van der Waals surface area contributed by atoms with Crippen LogP contribution in [0.1, 0.15) is 47.6 Å². The van der Waals surface area contributed by atoms with Crippen LogP contribution in [0.4, 0.5) is 5.69 Å². The van der Waals surface area contributed by atoms with Gasteiger partial charge >= 0.3 is 0 Å². The zero-order valence-electron chi connectivity index (χ0n) is 15.2. The number of hydrogen-bond acceptors (Lipinski definition) is 6. The van der Waals surface area contributed by atoms with Gasteiger partial charge in [-0.25, -0.2) is 0 Å². The minimum Gasteiger partial charge on any atom is -0.325 e. The number of carbonyl (C=O) groups excluding carboxylic acids is 2. The molecule has 3 aromatic rings. The van der Waals surface area contributed by atoms with Crippen molar-refractivity contribution in [3.8, 4) is 10.7 Å². The summed E-state index contributed by atoms with van der Waals surface area (Å²) in [7, 11) is 0. The third kappa shape index (κ3) is 3.06. The third-order valence-corrected chi connectivity index (χ3v) is 6.95. The Bertz CT molecular complexity index is 1070. The number of nitrogens with zero attached hydrogens (tertiary/aromatic N) is 3. The van der Waals surface area contributed by atoms with Crippen LogP contribution < -0.4 is 5.32 Å².